The summed E-state index contributed by atoms with van der Waals surface area (Å²) in [6, 6.07) is 6.81. The van der Waals surface area contributed by atoms with Crippen LogP contribution in [0.15, 0.2) is 24.3 Å². The van der Waals surface area contributed by atoms with Crippen molar-refractivity contribution in [2.75, 3.05) is 13.1 Å². The molecule has 1 N–H and O–H groups in total. The molecule has 1 unspecified atom stereocenters. The molecular formula is C15H19NO4. The molecule has 20 heavy (non-hydrogen) atoms. The Labute approximate surface area is 118 Å². The van der Waals surface area contributed by atoms with Gasteiger partial charge in [-0.05, 0) is 37.5 Å². The second kappa shape index (κ2) is 6.41. The summed E-state index contributed by atoms with van der Waals surface area (Å²) in [6.45, 7) is 3.36. The molecular weight excluding hydrogens is 258 g/mol. The Morgan fingerprint density at radius 3 is 2.40 bits per heavy atom. The lowest BCUT2D eigenvalue weighted by Crippen LogP contribution is -2.38. The van der Waals surface area contributed by atoms with Gasteiger partial charge in [-0.2, -0.15) is 0 Å². The standard InChI is InChI=1S/C15H19NO4/c1-11(15(19)16-8-2-3-9-16)20-13-6-4-12(5-7-13)10-14(17)18/h4-7,11H,2-3,8-10H2,1H3,(H,17,18). The van der Waals surface area contributed by atoms with E-state index in [0.29, 0.717) is 11.3 Å². The van der Waals surface area contributed by atoms with Crippen LogP contribution in [0.2, 0.25) is 0 Å². The highest BCUT2D eigenvalue weighted by atomic mass is 16.5. The highest BCUT2D eigenvalue weighted by Gasteiger charge is 2.24. The maximum absolute atomic E-state index is 12.1. The van der Waals surface area contributed by atoms with Crippen molar-refractivity contribution in [2.45, 2.75) is 32.3 Å². The summed E-state index contributed by atoms with van der Waals surface area (Å²) >= 11 is 0. The Morgan fingerprint density at radius 2 is 1.85 bits per heavy atom. The monoisotopic (exact) mass is 277 g/mol. The summed E-state index contributed by atoms with van der Waals surface area (Å²) in [7, 11) is 0. The lowest BCUT2D eigenvalue weighted by Gasteiger charge is -2.21. The van der Waals surface area contributed by atoms with Crippen LogP contribution in [-0.4, -0.2) is 41.1 Å². The summed E-state index contributed by atoms with van der Waals surface area (Å²) in [5, 5.41) is 8.69. The zero-order chi connectivity index (χ0) is 14.5. The maximum Gasteiger partial charge on any atom is 0.307 e. The summed E-state index contributed by atoms with van der Waals surface area (Å²) in [5.41, 5.74) is 0.711. The Hall–Kier alpha value is -2.04. The van der Waals surface area contributed by atoms with E-state index in [9.17, 15) is 9.59 Å². The molecule has 1 fully saturated rings. The predicted octanol–water partition coefficient (Wildman–Crippen LogP) is 1.70. The average molecular weight is 277 g/mol. The van der Waals surface area contributed by atoms with Gasteiger partial charge in [0.05, 0.1) is 6.42 Å². The van der Waals surface area contributed by atoms with Crippen LogP contribution in [0.25, 0.3) is 0 Å². The number of carbonyl (C=O) groups excluding carboxylic acids is 1. The lowest BCUT2D eigenvalue weighted by molar-refractivity contribution is -0.137. The van der Waals surface area contributed by atoms with E-state index in [2.05, 4.69) is 0 Å². The van der Waals surface area contributed by atoms with Crippen LogP contribution < -0.4 is 4.74 Å². The number of nitrogens with zero attached hydrogens (tertiary/aromatic N) is 1. The van der Waals surface area contributed by atoms with Crippen molar-refractivity contribution >= 4 is 11.9 Å². The van der Waals surface area contributed by atoms with Gasteiger partial charge < -0.3 is 14.7 Å². The third-order valence-corrected chi connectivity index (χ3v) is 3.36. The first-order valence-electron chi connectivity index (χ1n) is 6.82. The molecule has 0 spiro atoms. The molecule has 0 radical (unpaired) electrons. The van der Waals surface area contributed by atoms with Gasteiger partial charge in [0.1, 0.15) is 5.75 Å². The van der Waals surface area contributed by atoms with Gasteiger partial charge in [0.25, 0.3) is 5.91 Å². The van der Waals surface area contributed by atoms with Crippen molar-refractivity contribution in [1.29, 1.82) is 0 Å². The molecule has 0 saturated carbocycles. The molecule has 1 aliphatic rings. The minimum Gasteiger partial charge on any atom is -0.481 e. The Balaban J connectivity index is 1.91. The molecule has 5 nitrogen and oxygen atoms in total. The minimum atomic E-state index is -0.865. The van der Waals surface area contributed by atoms with E-state index in [0.717, 1.165) is 25.9 Å². The Bertz CT molecular complexity index is 477. The Kier molecular flexibility index (Phi) is 4.61. The van der Waals surface area contributed by atoms with Crippen LogP contribution in [0.4, 0.5) is 0 Å². The van der Waals surface area contributed by atoms with E-state index in [-0.39, 0.29) is 12.3 Å². The van der Waals surface area contributed by atoms with Crippen LogP contribution in [0.1, 0.15) is 25.3 Å². The van der Waals surface area contributed by atoms with Gasteiger partial charge in [-0.1, -0.05) is 12.1 Å². The fourth-order valence-electron chi connectivity index (χ4n) is 2.31. The molecule has 1 atom stereocenters. The van der Waals surface area contributed by atoms with Crippen LogP contribution in [-0.2, 0) is 16.0 Å². The van der Waals surface area contributed by atoms with E-state index in [1.807, 2.05) is 4.90 Å². The van der Waals surface area contributed by atoms with Gasteiger partial charge in [0.15, 0.2) is 6.10 Å². The molecule has 0 aromatic heterocycles. The first-order chi connectivity index (χ1) is 9.56. The van der Waals surface area contributed by atoms with Gasteiger partial charge in [-0.3, -0.25) is 9.59 Å². The normalized spacial score (nSPS) is 15.9. The van der Waals surface area contributed by atoms with Gasteiger partial charge in [-0.15, -0.1) is 0 Å². The van der Waals surface area contributed by atoms with Crippen molar-refractivity contribution in [3.8, 4) is 5.75 Å². The third kappa shape index (κ3) is 3.73. The van der Waals surface area contributed by atoms with E-state index < -0.39 is 12.1 Å². The predicted molar refractivity (Wildman–Crippen MR) is 73.7 cm³/mol. The third-order valence-electron chi connectivity index (χ3n) is 3.36. The molecule has 1 saturated heterocycles. The zero-order valence-electron chi connectivity index (χ0n) is 11.5. The smallest absolute Gasteiger partial charge is 0.307 e. The zero-order valence-corrected chi connectivity index (χ0v) is 11.5. The molecule has 2 rings (SSSR count). The van der Waals surface area contributed by atoms with Gasteiger partial charge in [0, 0.05) is 13.1 Å². The minimum absolute atomic E-state index is 0.0112. The van der Waals surface area contributed by atoms with Crippen molar-refractivity contribution in [3.63, 3.8) is 0 Å². The largest absolute Gasteiger partial charge is 0.481 e. The number of carboxylic acid groups (broad SMARTS) is 1. The molecule has 1 amide bonds. The first kappa shape index (κ1) is 14.4. The van der Waals surface area contributed by atoms with E-state index in [1.165, 1.54) is 0 Å². The molecule has 1 aromatic carbocycles. The van der Waals surface area contributed by atoms with E-state index in [4.69, 9.17) is 9.84 Å². The number of likely N-dealkylation sites (tertiary alicyclic amines) is 1. The summed E-state index contributed by atoms with van der Waals surface area (Å²) in [4.78, 5) is 24.5. The van der Waals surface area contributed by atoms with Gasteiger partial charge in [-0.25, -0.2) is 0 Å². The fraction of sp³-hybridized carbons (Fsp3) is 0.467. The van der Waals surface area contributed by atoms with E-state index in [1.54, 1.807) is 31.2 Å². The number of carboxylic acids is 1. The highest BCUT2D eigenvalue weighted by molar-refractivity contribution is 5.81. The van der Waals surface area contributed by atoms with Gasteiger partial charge >= 0.3 is 5.97 Å². The Morgan fingerprint density at radius 1 is 1.25 bits per heavy atom. The van der Waals surface area contributed by atoms with E-state index >= 15 is 0 Å². The van der Waals surface area contributed by atoms with Gasteiger partial charge in [0.2, 0.25) is 0 Å². The average Bonchev–Trinajstić information content (AvgIpc) is 2.93. The van der Waals surface area contributed by atoms with Crippen molar-refractivity contribution in [3.05, 3.63) is 29.8 Å². The summed E-state index contributed by atoms with van der Waals surface area (Å²) in [5.74, 6) is -0.271. The van der Waals surface area contributed by atoms with Crippen molar-refractivity contribution < 1.29 is 19.4 Å². The van der Waals surface area contributed by atoms with Crippen LogP contribution in [0, 0.1) is 0 Å². The number of ether oxygens (including phenoxy) is 1. The topological polar surface area (TPSA) is 66.8 Å². The first-order valence-corrected chi connectivity index (χ1v) is 6.82. The van der Waals surface area contributed by atoms with Crippen LogP contribution in [0.5, 0.6) is 5.75 Å². The lowest BCUT2D eigenvalue weighted by atomic mass is 10.1. The number of hydrogen-bond donors (Lipinski definition) is 1. The molecule has 1 aliphatic heterocycles. The quantitative estimate of drug-likeness (QED) is 0.889. The molecule has 108 valence electrons. The number of amides is 1. The molecule has 1 heterocycles. The fourth-order valence-corrected chi connectivity index (χ4v) is 2.31. The highest BCUT2D eigenvalue weighted by Crippen LogP contribution is 2.16. The maximum atomic E-state index is 12.1. The number of hydrogen-bond acceptors (Lipinski definition) is 3. The molecule has 0 bridgehead atoms. The second-order valence-electron chi connectivity index (χ2n) is 5.01. The molecule has 5 heteroatoms. The number of carbonyl (C=O) groups is 2. The molecule has 1 aromatic rings. The second-order valence-corrected chi connectivity index (χ2v) is 5.01. The number of benzene rings is 1. The van der Waals surface area contributed by atoms with Crippen LogP contribution in [0.3, 0.4) is 0 Å². The number of rotatable bonds is 5. The van der Waals surface area contributed by atoms with Crippen LogP contribution >= 0.6 is 0 Å². The van der Waals surface area contributed by atoms with Crippen molar-refractivity contribution in [2.24, 2.45) is 0 Å². The van der Waals surface area contributed by atoms with Crippen molar-refractivity contribution in [1.82, 2.24) is 4.90 Å². The molecule has 0 aliphatic carbocycles. The summed E-state index contributed by atoms with van der Waals surface area (Å²) in [6.07, 6.45) is 1.59. The number of aliphatic carboxylic acids is 1. The summed E-state index contributed by atoms with van der Waals surface area (Å²) < 4.78 is 5.61. The SMILES string of the molecule is CC(Oc1ccc(CC(=O)O)cc1)C(=O)N1CCCC1.